The van der Waals surface area contributed by atoms with Crippen LogP contribution in [-0.2, 0) is 6.54 Å². The van der Waals surface area contributed by atoms with Gasteiger partial charge in [0.15, 0.2) is 6.29 Å². The minimum absolute atomic E-state index is 0.590. The van der Waals surface area contributed by atoms with Crippen LogP contribution in [0.4, 0.5) is 0 Å². The van der Waals surface area contributed by atoms with E-state index in [4.69, 9.17) is 0 Å². The standard InChI is InChI=1S/C16H13N3O/c20-12-15-11-19(10-13-4-2-1-3-5-13)18-16(15)14-6-8-17-9-7-14/h1-9,11-12H,10H2. The lowest BCUT2D eigenvalue weighted by molar-refractivity contribution is 0.112. The first kappa shape index (κ1) is 12.3. The van der Waals surface area contributed by atoms with Crippen LogP contribution < -0.4 is 0 Å². The van der Waals surface area contributed by atoms with Crippen molar-refractivity contribution in [2.24, 2.45) is 0 Å². The van der Waals surface area contributed by atoms with Crippen LogP contribution in [0.2, 0.25) is 0 Å². The second-order valence-electron chi connectivity index (χ2n) is 4.47. The summed E-state index contributed by atoms with van der Waals surface area (Å²) in [6, 6.07) is 13.7. The quantitative estimate of drug-likeness (QED) is 0.680. The van der Waals surface area contributed by atoms with E-state index in [0.717, 1.165) is 17.4 Å². The Morgan fingerprint density at radius 1 is 1.05 bits per heavy atom. The molecule has 0 aliphatic carbocycles. The van der Waals surface area contributed by atoms with Crippen LogP contribution in [0.5, 0.6) is 0 Å². The highest BCUT2D eigenvalue weighted by atomic mass is 16.1. The van der Waals surface area contributed by atoms with Gasteiger partial charge < -0.3 is 0 Å². The van der Waals surface area contributed by atoms with Crippen LogP contribution in [0.3, 0.4) is 0 Å². The molecule has 0 fully saturated rings. The third kappa shape index (κ3) is 2.49. The third-order valence-electron chi connectivity index (χ3n) is 3.06. The van der Waals surface area contributed by atoms with Gasteiger partial charge in [-0.15, -0.1) is 0 Å². The fraction of sp³-hybridized carbons (Fsp3) is 0.0625. The van der Waals surface area contributed by atoms with E-state index in [1.807, 2.05) is 42.5 Å². The van der Waals surface area contributed by atoms with Crippen LogP contribution in [0, 0.1) is 0 Å². The Morgan fingerprint density at radius 2 is 1.80 bits per heavy atom. The van der Waals surface area contributed by atoms with Crippen molar-refractivity contribution < 1.29 is 4.79 Å². The highest BCUT2D eigenvalue weighted by Gasteiger charge is 2.10. The largest absolute Gasteiger partial charge is 0.298 e. The van der Waals surface area contributed by atoms with E-state index in [0.29, 0.717) is 17.8 Å². The van der Waals surface area contributed by atoms with Gasteiger partial charge in [-0.2, -0.15) is 5.10 Å². The van der Waals surface area contributed by atoms with Gasteiger partial charge in [0.1, 0.15) is 5.69 Å². The number of benzene rings is 1. The summed E-state index contributed by atoms with van der Waals surface area (Å²) in [5.74, 6) is 0. The molecule has 2 aromatic heterocycles. The number of pyridine rings is 1. The zero-order valence-corrected chi connectivity index (χ0v) is 10.8. The van der Waals surface area contributed by atoms with Crippen molar-refractivity contribution in [3.05, 3.63) is 72.2 Å². The number of carbonyl (C=O) groups excluding carboxylic acids is 1. The third-order valence-corrected chi connectivity index (χ3v) is 3.06. The van der Waals surface area contributed by atoms with E-state index >= 15 is 0 Å². The van der Waals surface area contributed by atoms with Gasteiger partial charge in [0.05, 0.1) is 12.1 Å². The van der Waals surface area contributed by atoms with Gasteiger partial charge in [0.25, 0.3) is 0 Å². The van der Waals surface area contributed by atoms with Crippen molar-refractivity contribution in [1.82, 2.24) is 14.8 Å². The Labute approximate surface area is 116 Å². The summed E-state index contributed by atoms with van der Waals surface area (Å²) in [6.07, 6.45) is 6.00. The molecule has 4 heteroatoms. The van der Waals surface area contributed by atoms with Crippen LogP contribution in [-0.4, -0.2) is 21.1 Å². The molecule has 1 aromatic carbocycles. The maximum atomic E-state index is 11.2. The molecule has 3 rings (SSSR count). The molecule has 98 valence electrons. The Bertz CT molecular complexity index is 705. The molecular formula is C16H13N3O. The Kier molecular flexibility index (Phi) is 3.37. The van der Waals surface area contributed by atoms with E-state index in [1.54, 1.807) is 23.3 Å². The van der Waals surface area contributed by atoms with Crippen LogP contribution in [0.25, 0.3) is 11.3 Å². The van der Waals surface area contributed by atoms with E-state index in [9.17, 15) is 4.79 Å². The van der Waals surface area contributed by atoms with Gasteiger partial charge >= 0.3 is 0 Å². The highest BCUT2D eigenvalue weighted by molar-refractivity contribution is 5.85. The SMILES string of the molecule is O=Cc1cn(Cc2ccccc2)nc1-c1ccncc1. The molecule has 4 nitrogen and oxygen atoms in total. The second kappa shape index (κ2) is 5.48. The molecule has 0 saturated carbocycles. The monoisotopic (exact) mass is 263 g/mol. The average molecular weight is 263 g/mol. The predicted octanol–water partition coefficient (Wildman–Crippen LogP) is 2.81. The highest BCUT2D eigenvalue weighted by Crippen LogP contribution is 2.20. The lowest BCUT2D eigenvalue weighted by atomic mass is 10.1. The molecule has 0 radical (unpaired) electrons. The summed E-state index contributed by atoms with van der Waals surface area (Å²) in [5.41, 5.74) is 3.33. The first-order chi connectivity index (χ1) is 9.86. The van der Waals surface area contributed by atoms with Crippen LogP contribution in [0.15, 0.2) is 61.1 Å². The molecule has 0 amide bonds. The van der Waals surface area contributed by atoms with Gasteiger partial charge in [-0.1, -0.05) is 30.3 Å². The van der Waals surface area contributed by atoms with Crippen molar-refractivity contribution in [1.29, 1.82) is 0 Å². The zero-order valence-electron chi connectivity index (χ0n) is 10.8. The summed E-state index contributed by atoms with van der Waals surface area (Å²) < 4.78 is 1.79. The average Bonchev–Trinajstić information content (AvgIpc) is 2.92. The summed E-state index contributed by atoms with van der Waals surface area (Å²) >= 11 is 0. The summed E-state index contributed by atoms with van der Waals surface area (Å²) in [4.78, 5) is 15.2. The fourth-order valence-corrected chi connectivity index (χ4v) is 2.11. The Hall–Kier alpha value is -2.75. The van der Waals surface area contributed by atoms with Crippen molar-refractivity contribution in [2.75, 3.05) is 0 Å². The van der Waals surface area contributed by atoms with E-state index in [1.165, 1.54) is 0 Å². The molecule has 0 saturated heterocycles. The van der Waals surface area contributed by atoms with Crippen LogP contribution >= 0.6 is 0 Å². The number of nitrogens with zero attached hydrogens (tertiary/aromatic N) is 3. The van der Waals surface area contributed by atoms with Gasteiger partial charge in [0.2, 0.25) is 0 Å². The first-order valence-corrected chi connectivity index (χ1v) is 6.34. The maximum Gasteiger partial charge on any atom is 0.153 e. The Morgan fingerprint density at radius 3 is 2.50 bits per heavy atom. The predicted molar refractivity (Wildman–Crippen MR) is 76.4 cm³/mol. The molecule has 0 unspecified atom stereocenters. The lowest BCUT2D eigenvalue weighted by Gasteiger charge is -2.01. The lowest BCUT2D eigenvalue weighted by Crippen LogP contribution is -2.00. The molecule has 0 aliphatic rings. The number of aldehydes is 1. The molecule has 20 heavy (non-hydrogen) atoms. The molecule has 0 aliphatic heterocycles. The van der Waals surface area contributed by atoms with Gasteiger partial charge in [-0.25, -0.2) is 0 Å². The zero-order chi connectivity index (χ0) is 13.8. The Balaban J connectivity index is 1.95. The van der Waals surface area contributed by atoms with Crippen LogP contribution in [0.1, 0.15) is 15.9 Å². The van der Waals surface area contributed by atoms with Gasteiger partial charge in [0, 0.05) is 24.2 Å². The molecule has 0 atom stereocenters. The number of hydrogen-bond acceptors (Lipinski definition) is 3. The smallest absolute Gasteiger partial charge is 0.153 e. The molecule has 2 heterocycles. The number of aromatic nitrogens is 3. The van der Waals surface area contributed by atoms with Crippen molar-refractivity contribution in [2.45, 2.75) is 6.54 Å². The minimum atomic E-state index is 0.590. The number of carbonyl (C=O) groups is 1. The van der Waals surface area contributed by atoms with E-state index < -0.39 is 0 Å². The summed E-state index contributed by atoms with van der Waals surface area (Å²) in [5, 5.41) is 4.50. The van der Waals surface area contributed by atoms with Crippen molar-refractivity contribution in [3.63, 3.8) is 0 Å². The van der Waals surface area contributed by atoms with E-state index in [2.05, 4.69) is 10.1 Å². The molecular weight excluding hydrogens is 250 g/mol. The summed E-state index contributed by atoms with van der Waals surface area (Å²) in [7, 11) is 0. The number of rotatable bonds is 4. The fourth-order valence-electron chi connectivity index (χ4n) is 2.11. The van der Waals surface area contributed by atoms with Gasteiger partial charge in [-0.05, 0) is 17.7 Å². The first-order valence-electron chi connectivity index (χ1n) is 6.34. The maximum absolute atomic E-state index is 11.2. The minimum Gasteiger partial charge on any atom is -0.298 e. The molecule has 0 bridgehead atoms. The van der Waals surface area contributed by atoms with Crippen molar-refractivity contribution >= 4 is 6.29 Å². The normalized spacial score (nSPS) is 10.4. The second-order valence-corrected chi connectivity index (χ2v) is 4.47. The van der Waals surface area contributed by atoms with E-state index in [-0.39, 0.29) is 0 Å². The molecule has 0 N–H and O–H groups in total. The number of hydrogen-bond donors (Lipinski definition) is 0. The topological polar surface area (TPSA) is 47.8 Å². The molecule has 3 aromatic rings. The van der Waals surface area contributed by atoms with Gasteiger partial charge in [-0.3, -0.25) is 14.5 Å². The molecule has 0 spiro atoms. The van der Waals surface area contributed by atoms with Crippen molar-refractivity contribution in [3.8, 4) is 11.3 Å². The summed E-state index contributed by atoms with van der Waals surface area (Å²) in [6.45, 7) is 0.646.